The van der Waals surface area contributed by atoms with Crippen LogP contribution in [-0.2, 0) is 0 Å². The van der Waals surface area contributed by atoms with Crippen LogP contribution >= 0.6 is 0 Å². The Morgan fingerprint density at radius 2 is 0.575 bits per heavy atom. The van der Waals surface area contributed by atoms with Crippen LogP contribution in [0.4, 0.5) is 17.1 Å². The van der Waals surface area contributed by atoms with E-state index in [1.165, 1.54) is 67.1 Å². The zero-order valence-electron chi connectivity index (χ0n) is 23.3. The van der Waals surface area contributed by atoms with Gasteiger partial charge in [-0.15, -0.1) is 0 Å². The lowest BCUT2D eigenvalue weighted by atomic mass is 9.97. The summed E-state index contributed by atoms with van der Waals surface area (Å²) in [5.41, 5.74) is 14.7. The van der Waals surface area contributed by atoms with Crippen LogP contribution in [0.5, 0.6) is 0 Å². The lowest BCUT2D eigenvalue weighted by molar-refractivity contribution is 1.21. The van der Waals surface area contributed by atoms with Crippen molar-refractivity contribution in [1.29, 1.82) is 0 Å². The molecule has 6 rings (SSSR count). The summed E-state index contributed by atoms with van der Waals surface area (Å²) in [6, 6.07) is 52.3. The van der Waals surface area contributed by atoms with Gasteiger partial charge in [0.1, 0.15) is 0 Å². The summed E-state index contributed by atoms with van der Waals surface area (Å²) in [6.07, 6.45) is 0. The number of hydrogen-bond donors (Lipinski definition) is 0. The molecule has 6 aromatic carbocycles. The normalized spacial score (nSPS) is 10.9. The quantitative estimate of drug-likeness (QED) is 0.213. The summed E-state index contributed by atoms with van der Waals surface area (Å²) < 4.78 is 0. The van der Waals surface area contributed by atoms with Crippen molar-refractivity contribution in [3.63, 3.8) is 0 Å². The molecule has 194 valence electrons. The third-order valence-corrected chi connectivity index (χ3v) is 7.63. The minimum Gasteiger partial charge on any atom is -0.310 e. The summed E-state index contributed by atoms with van der Waals surface area (Å²) in [6.45, 7) is 6.66. The Morgan fingerprint density at radius 1 is 0.300 bits per heavy atom. The molecule has 0 atom stereocenters. The lowest BCUT2D eigenvalue weighted by Crippen LogP contribution is -2.14. The molecule has 0 saturated heterocycles. The van der Waals surface area contributed by atoms with Crippen LogP contribution in [0.15, 0.2) is 146 Å². The summed E-state index contributed by atoms with van der Waals surface area (Å²) in [5.74, 6) is 0. The Bertz CT molecular complexity index is 1540. The molecular formula is C39H33N. The van der Waals surface area contributed by atoms with Crippen molar-refractivity contribution >= 4 is 17.1 Å². The Morgan fingerprint density at radius 3 is 0.825 bits per heavy atom. The average molecular weight is 516 g/mol. The highest BCUT2D eigenvalue weighted by atomic mass is 15.1. The zero-order chi connectivity index (χ0) is 27.5. The van der Waals surface area contributed by atoms with Crippen LogP contribution in [0, 0.1) is 20.8 Å². The minimum absolute atomic E-state index is 1.19. The van der Waals surface area contributed by atoms with Gasteiger partial charge in [-0.05, 0) is 107 Å². The molecule has 6 aromatic rings. The highest BCUT2D eigenvalue weighted by Crippen LogP contribution is 2.42. The molecule has 0 radical (unpaired) electrons. The van der Waals surface area contributed by atoms with Gasteiger partial charge in [-0.2, -0.15) is 0 Å². The van der Waals surface area contributed by atoms with Gasteiger partial charge in [-0.1, -0.05) is 109 Å². The molecule has 0 aromatic heterocycles. The average Bonchev–Trinajstić information content (AvgIpc) is 3.00. The van der Waals surface area contributed by atoms with Gasteiger partial charge < -0.3 is 4.90 Å². The van der Waals surface area contributed by atoms with Gasteiger partial charge in [0, 0.05) is 17.1 Å². The molecule has 0 bridgehead atoms. The number of benzene rings is 6. The Balaban J connectivity index is 1.49. The first kappa shape index (κ1) is 25.4. The highest BCUT2D eigenvalue weighted by Gasteiger charge is 2.19. The zero-order valence-corrected chi connectivity index (χ0v) is 23.3. The van der Waals surface area contributed by atoms with E-state index in [1.54, 1.807) is 0 Å². The SMILES string of the molecule is Cc1cc(-c2ccccc2)ccc1N(c1ccc(-c2ccccc2)cc1C)c1ccc(-c2ccccc2)cc1C. The van der Waals surface area contributed by atoms with Gasteiger partial charge in [-0.3, -0.25) is 0 Å². The van der Waals surface area contributed by atoms with E-state index in [0.717, 1.165) is 0 Å². The third-order valence-electron chi connectivity index (χ3n) is 7.63. The van der Waals surface area contributed by atoms with Crippen molar-refractivity contribution in [3.05, 3.63) is 162 Å². The molecule has 0 saturated carbocycles. The highest BCUT2D eigenvalue weighted by molar-refractivity contribution is 5.85. The summed E-state index contributed by atoms with van der Waals surface area (Å²) >= 11 is 0. The van der Waals surface area contributed by atoms with Gasteiger partial charge in [0.25, 0.3) is 0 Å². The molecule has 0 unspecified atom stereocenters. The van der Waals surface area contributed by atoms with E-state index in [0.29, 0.717) is 0 Å². The Hall–Kier alpha value is -4.88. The molecule has 0 heterocycles. The topological polar surface area (TPSA) is 3.24 Å². The van der Waals surface area contributed by atoms with Crippen LogP contribution in [0.1, 0.15) is 16.7 Å². The molecule has 0 N–H and O–H groups in total. The van der Waals surface area contributed by atoms with E-state index >= 15 is 0 Å². The molecule has 1 heteroatoms. The van der Waals surface area contributed by atoms with Crippen LogP contribution in [0.25, 0.3) is 33.4 Å². The smallest absolute Gasteiger partial charge is 0.0491 e. The summed E-state index contributed by atoms with van der Waals surface area (Å²) in [5, 5.41) is 0. The molecule has 0 aliphatic rings. The second-order valence-corrected chi connectivity index (χ2v) is 10.4. The molecule has 0 amide bonds. The predicted octanol–water partition coefficient (Wildman–Crippen LogP) is 11.1. The van der Waals surface area contributed by atoms with Crippen LogP contribution in [0.2, 0.25) is 0 Å². The molecule has 0 aliphatic carbocycles. The predicted molar refractivity (Wildman–Crippen MR) is 172 cm³/mol. The van der Waals surface area contributed by atoms with Crippen LogP contribution in [-0.4, -0.2) is 0 Å². The van der Waals surface area contributed by atoms with Gasteiger partial charge in [-0.25, -0.2) is 0 Å². The maximum absolute atomic E-state index is 2.43. The molecule has 0 fully saturated rings. The monoisotopic (exact) mass is 515 g/mol. The summed E-state index contributed by atoms with van der Waals surface area (Å²) in [4.78, 5) is 2.43. The van der Waals surface area contributed by atoms with Gasteiger partial charge in [0.2, 0.25) is 0 Å². The molecular weight excluding hydrogens is 482 g/mol. The van der Waals surface area contributed by atoms with Crippen molar-refractivity contribution in [2.24, 2.45) is 0 Å². The van der Waals surface area contributed by atoms with Crippen molar-refractivity contribution in [2.45, 2.75) is 20.8 Å². The van der Waals surface area contributed by atoms with E-state index in [9.17, 15) is 0 Å². The van der Waals surface area contributed by atoms with E-state index in [-0.39, 0.29) is 0 Å². The van der Waals surface area contributed by atoms with E-state index < -0.39 is 0 Å². The van der Waals surface area contributed by atoms with Gasteiger partial charge in [0.05, 0.1) is 0 Å². The Labute approximate surface area is 238 Å². The van der Waals surface area contributed by atoms with Crippen LogP contribution < -0.4 is 4.90 Å². The number of aryl methyl sites for hydroxylation is 3. The van der Waals surface area contributed by atoms with Crippen molar-refractivity contribution in [3.8, 4) is 33.4 Å². The van der Waals surface area contributed by atoms with Crippen molar-refractivity contribution < 1.29 is 0 Å². The van der Waals surface area contributed by atoms with E-state index in [4.69, 9.17) is 0 Å². The fourth-order valence-corrected chi connectivity index (χ4v) is 5.54. The first-order chi connectivity index (χ1) is 19.6. The van der Waals surface area contributed by atoms with Crippen LogP contribution in [0.3, 0.4) is 0 Å². The summed E-state index contributed by atoms with van der Waals surface area (Å²) in [7, 11) is 0. The molecule has 0 aliphatic heterocycles. The first-order valence-electron chi connectivity index (χ1n) is 13.9. The molecule has 40 heavy (non-hydrogen) atoms. The van der Waals surface area contributed by atoms with E-state index in [1.807, 2.05) is 0 Å². The van der Waals surface area contributed by atoms with Crippen molar-refractivity contribution in [2.75, 3.05) is 4.90 Å². The van der Waals surface area contributed by atoms with Gasteiger partial charge >= 0.3 is 0 Å². The second kappa shape index (κ2) is 11.1. The minimum atomic E-state index is 1.19. The standard InChI is InChI=1S/C39H33N/c1-28-25-34(31-13-7-4-8-14-31)19-22-37(28)40(38-23-20-35(26-29(38)2)32-15-9-5-10-16-32)39-24-21-36(27-30(39)3)33-17-11-6-12-18-33/h4-27H,1-3H3. The van der Waals surface area contributed by atoms with Gasteiger partial charge in [0.15, 0.2) is 0 Å². The number of anilines is 3. The fourth-order valence-electron chi connectivity index (χ4n) is 5.54. The third kappa shape index (κ3) is 5.07. The second-order valence-electron chi connectivity index (χ2n) is 10.4. The number of nitrogens with zero attached hydrogens (tertiary/aromatic N) is 1. The number of hydrogen-bond acceptors (Lipinski definition) is 1. The lowest BCUT2D eigenvalue weighted by Gasteiger charge is -2.30. The first-order valence-corrected chi connectivity index (χ1v) is 13.9. The fraction of sp³-hybridized carbons (Fsp3) is 0.0769. The van der Waals surface area contributed by atoms with E-state index in [2.05, 4.69) is 171 Å². The van der Waals surface area contributed by atoms with Crippen molar-refractivity contribution in [1.82, 2.24) is 0 Å². The Kier molecular flexibility index (Phi) is 7.04. The maximum Gasteiger partial charge on any atom is 0.0491 e. The number of rotatable bonds is 6. The molecule has 1 nitrogen and oxygen atoms in total. The molecule has 0 spiro atoms. The maximum atomic E-state index is 2.43. The largest absolute Gasteiger partial charge is 0.310 e.